The van der Waals surface area contributed by atoms with Crippen LogP contribution in [-0.2, 0) is 4.79 Å². The molecule has 178 valence electrons. The molecule has 0 aliphatic carbocycles. The number of hydrogen-bond donors (Lipinski definition) is 1. The maximum absolute atomic E-state index is 12.7. The van der Waals surface area contributed by atoms with E-state index >= 15 is 0 Å². The first-order valence-electron chi connectivity index (χ1n) is 10.3. The summed E-state index contributed by atoms with van der Waals surface area (Å²) in [5.41, 5.74) is -2.31. The zero-order chi connectivity index (χ0) is 24.5. The number of amides is 1. The van der Waals surface area contributed by atoms with Crippen LogP contribution in [0.4, 0.5) is 13.2 Å². The maximum Gasteiger partial charge on any atom is 0.479 e. The van der Waals surface area contributed by atoms with Crippen molar-refractivity contribution in [1.82, 2.24) is 20.1 Å². The van der Waals surface area contributed by atoms with E-state index in [0.29, 0.717) is 45.7 Å². The Morgan fingerprint density at radius 3 is 2.62 bits per heavy atom. The second-order valence-corrected chi connectivity index (χ2v) is 8.62. The number of halogens is 4. The first-order chi connectivity index (χ1) is 16.2. The number of aromatic nitrogens is 3. The van der Waals surface area contributed by atoms with E-state index in [1.165, 1.54) is 12.1 Å². The Kier molecular flexibility index (Phi) is 6.85. The van der Waals surface area contributed by atoms with Crippen LogP contribution in [0.25, 0.3) is 5.69 Å². The van der Waals surface area contributed by atoms with Crippen molar-refractivity contribution in [2.24, 2.45) is 4.99 Å². The van der Waals surface area contributed by atoms with Crippen LogP contribution in [0.1, 0.15) is 42.2 Å². The van der Waals surface area contributed by atoms with Crippen LogP contribution in [0.15, 0.2) is 47.5 Å². The number of hydrogen-bond acceptors (Lipinski definition) is 6. The summed E-state index contributed by atoms with van der Waals surface area (Å²) < 4.78 is 44.8. The normalized spacial score (nSPS) is 15.1. The summed E-state index contributed by atoms with van der Waals surface area (Å²) in [5.74, 6) is 0.781. The van der Waals surface area contributed by atoms with Gasteiger partial charge >= 0.3 is 5.51 Å². The van der Waals surface area contributed by atoms with E-state index in [0.717, 1.165) is 0 Å². The number of alkyl halides is 3. The smallest absolute Gasteiger partial charge is 0.417 e. The molecule has 12 heteroatoms. The predicted octanol–water partition coefficient (Wildman–Crippen LogP) is 5.19. The van der Waals surface area contributed by atoms with Crippen LogP contribution in [0.5, 0.6) is 5.75 Å². The van der Waals surface area contributed by atoms with Gasteiger partial charge in [-0.2, -0.15) is 13.2 Å². The summed E-state index contributed by atoms with van der Waals surface area (Å²) in [6.45, 7) is 4.03. The first kappa shape index (κ1) is 24.1. The number of carbonyl (C=O) groups excluding carboxylic acids is 1. The van der Waals surface area contributed by atoms with E-state index in [9.17, 15) is 18.0 Å². The van der Waals surface area contributed by atoms with Gasteiger partial charge in [0, 0.05) is 22.7 Å². The summed E-state index contributed by atoms with van der Waals surface area (Å²) in [6.07, 6.45) is 0.0182. The summed E-state index contributed by atoms with van der Waals surface area (Å²) in [5, 5.41) is 11.7. The topological polar surface area (TPSA) is 81.4 Å². The minimum atomic E-state index is -4.56. The highest BCUT2D eigenvalue weighted by atomic mass is 35.5. The average molecular weight is 510 g/mol. The molecule has 3 aromatic rings. The van der Waals surface area contributed by atoms with Crippen molar-refractivity contribution in [2.45, 2.75) is 31.8 Å². The lowest BCUT2D eigenvalue weighted by Gasteiger charge is -2.14. The molecular weight excluding hydrogens is 491 g/mol. The number of nitrogens with one attached hydrogen (secondary N) is 1. The fourth-order valence-corrected chi connectivity index (χ4v) is 4.06. The van der Waals surface area contributed by atoms with Crippen molar-refractivity contribution >= 4 is 35.3 Å². The molecular formula is C22H19ClF3N5O2S. The van der Waals surface area contributed by atoms with Gasteiger partial charge in [0.2, 0.25) is 5.91 Å². The molecule has 2 aromatic carbocycles. The van der Waals surface area contributed by atoms with E-state index < -0.39 is 23.6 Å². The SMILES string of the molecule is CCNC(=O)C[C@@H]1N=C(c2ccc(Cl)cc2)c2cc(OSC(F)(F)F)ccc2-n2c(C)nnc21. The van der Waals surface area contributed by atoms with Gasteiger partial charge in [0.25, 0.3) is 0 Å². The van der Waals surface area contributed by atoms with Gasteiger partial charge in [0.15, 0.2) is 17.9 Å². The van der Waals surface area contributed by atoms with Gasteiger partial charge in [-0.3, -0.25) is 14.4 Å². The minimum absolute atomic E-state index is 0.00260. The largest absolute Gasteiger partial charge is 0.479 e. The number of carbonyl (C=O) groups is 1. The molecule has 1 aromatic heterocycles. The highest BCUT2D eigenvalue weighted by Crippen LogP contribution is 2.37. The molecule has 4 rings (SSSR count). The molecule has 1 atom stereocenters. The second-order valence-electron chi connectivity index (χ2n) is 7.39. The van der Waals surface area contributed by atoms with Crippen molar-refractivity contribution in [3.63, 3.8) is 0 Å². The second kappa shape index (κ2) is 9.67. The van der Waals surface area contributed by atoms with Gasteiger partial charge < -0.3 is 9.50 Å². The van der Waals surface area contributed by atoms with Gasteiger partial charge in [-0.15, -0.1) is 10.2 Å². The predicted molar refractivity (Wildman–Crippen MR) is 124 cm³/mol. The molecule has 0 saturated carbocycles. The fraction of sp³-hybridized carbons (Fsp3) is 0.273. The van der Waals surface area contributed by atoms with E-state index in [2.05, 4.69) is 15.5 Å². The third-order valence-electron chi connectivity index (χ3n) is 5.00. The Morgan fingerprint density at radius 1 is 1.21 bits per heavy atom. The zero-order valence-electron chi connectivity index (χ0n) is 18.1. The number of aryl methyl sites for hydroxylation is 1. The Balaban J connectivity index is 1.89. The lowest BCUT2D eigenvalue weighted by Crippen LogP contribution is -2.25. The van der Waals surface area contributed by atoms with Crippen LogP contribution in [-0.4, -0.2) is 38.4 Å². The molecule has 34 heavy (non-hydrogen) atoms. The van der Waals surface area contributed by atoms with Crippen molar-refractivity contribution < 1.29 is 22.1 Å². The molecule has 0 unspecified atom stereocenters. The van der Waals surface area contributed by atoms with Crippen molar-refractivity contribution in [3.05, 3.63) is 70.3 Å². The molecule has 0 bridgehead atoms. The number of aliphatic imine (C=N–C) groups is 1. The molecule has 1 amide bonds. The zero-order valence-corrected chi connectivity index (χ0v) is 19.6. The molecule has 0 fully saturated rings. The molecule has 0 spiro atoms. The number of nitrogens with zero attached hydrogens (tertiary/aromatic N) is 4. The molecule has 7 nitrogen and oxygen atoms in total. The summed E-state index contributed by atoms with van der Waals surface area (Å²) in [4.78, 5) is 17.3. The number of rotatable bonds is 6. The van der Waals surface area contributed by atoms with Gasteiger partial charge in [-0.25, -0.2) is 0 Å². The first-order valence-corrected chi connectivity index (χ1v) is 11.4. The van der Waals surface area contributed by atoms with Crippen LogP contribution < -0.4 is 9.50 Å². The highest BCUT2D eigenvalue weighted by molar-refractivity contribution is 7.95. The quantitative estimate of drug-likeness (QED) is 0.462. The third kappa shape index (κ3) is 5.20. The van der Waals surface area contributed by atoms with Crippen LogP contribution in [0.3, 0.4) is 0 Å². The molecule has 1 aliphatic heterocycles. The summed E-state index contributed by atoms with van der Waals surface area (Å²) in [6, 6.07) is 10.8. The van der Waals surface area contributed by atoms with E-state index in [4.69, 9.17) is 20.8 Å². The Morgan fingerprint density at radius 2 is 1.94 bits per heavy atom. The van der Waals surface area contributed by atoms with Gasteiger partial charge in [-0.05, 0) is 44.2 Å². The molecule has 0 radical (unpaired) electrons. The van der Waals surface area contributed by atoms with E-state index in [-0.39, 0.29) is 18.1 Å². The third-order valence-corrected chi connectivity index (χ3v) is 5.72. The van der Waals surface area contributed by atoms with Crippen LogP contribution in [0, 0.1) is 6.92 Å². The van der Waals surface area contributed by atoms with Crippen LogP contribution in [0.2, 0.25) is 5.02 Å². The van der Waals surface area contributed by atoms with E-state index in [1.54, 1.807) is 41.8 Å². The van der Waals surface area contributed by atoms with Crippen molar-refractivity contribution in [2.75, 3.05) is 6.54 Å². The molecule has 2 heterocycles. The lowest BCUT2D eigenvalue weighted by molar-refractivity contribution is -0.121. The summed E-state index contributed by atoms with van der Waals surface area (Å²) >= 11 is 5.46. The standard InChI is InChI=1S/C22H19ClF3N5O2S/c1-3-27-19(32)11-17-21-30-29-12(2)31(21)18-9-8-15(33-34-22(24,25)26)10-16(18)20(28-17)13-4-6-14(23)7-5-13/h4-10,17H,3,11H2,1-2H3,(H,27,32)/t17-/m0/s1. The number of benzene rings is 2. The van der Waals surface area contributed by atoms with Gasteiger partial charge in [-0.1, -0.05) is 23.7 Å². The fourth-order valence-electron chi connectivity index (χ4n) is 3.64. The monoisotopic (exact) mass is 509 g/mol. The lowest BCUT2D eigenvalue weighted by atomic mass is 10.00. The van der Waals surface area contributed by atoms with E-state index in [1.807, 2.05) is 6.92 Å². The Hall–Kier alpha value is -3.05. The van der Waals surface area contributed by atoms with Gasteiger partial charge in [0.05, 0.1) is 17.8 Å². The molecule has 1 N–H and O–H groups in total. The molecule has 0 saturated heterocycles. The average Bonchev–Trinajstić information content (AvgIpc) is 3.10. The Bertz CT molecular complexity index is 1240. The van der Waals surface area contributed by atoms with Gasteiger partial charge in [0.1, 0.15) is 17.6 Å². The minimum Gasteiger partial charge on any atom is -0.417 e. The van der Waals surface area contributed by atoms with Crippen molar-refractivity contribution in [1.29, 1.82) is 0 Å². The number of fused-ring (bicyclic) bond motifs is 3. The highest BCUT2D eigenvalue weighted by Gasteiger charge is 2.33. The maximum atomic E-state index is 12.7. The van der Waals surface area contributed by atoms with Crippen LogP contribution >= 0.6 is 23.6 Å². The Labute approximate surface area is 202 Å². The summed E-state index contributed by atoms with van der Waals surface area (Å²) in [7, 11) is 0. The van der Waals surface area contributed by atoms with Crippen molar-refractivity contribution in [3.8, 4) is 11.4 Å². The molecule has 1 aliphatic rings.